The Morgan fingerprint density at radius 3 is 2.94 bits per heavy atom. The molecule has 0 radical (unpaired) electrons. The highest BCUT2D eigenvalue weighted by molar-refractivity contribution is 9.10. The molecule has 1 atom stereocenters. The highest BCUT2D eigenvalue weighted by Crippen LogP contribution is 2.20. The fourth-order valence-corrected chi connectivity index (χ4v) is 2.33. The van der Waals surface area contributed by atoms with Gasteiger partial charge in [0.2, 0.25) is 5.91 Å². The maximum Gasteiger partial charge on any atom is 0.273 e. The average molecular weight is 301 g/mol. The van der Waals surface area contributed by atoms with Gasteiger partial charge in [0.25, 0.3) is 5.91 Å². The standard InChI is InChI=1S/C10H13BrN4O2/c11-7-4-13-14-8(7)10(17)15-3-1-2-6(5-15)9(12)16/h4,6H,1-3,5H2,(H2,12,16)(H,13,14)/t6-/m0/s1. The van der Waals surface area contributed by atoms with Crippen LogP contribution in [0.2, 0.25) is 0 Å². The van der Waals surface area contributed by atoms with Crippen LogP contribution in [0.4, 0.5) is 0 Å². The molecule has 0 saturated carbocycles. The number of amides is 2. The molecule has 17 heavy (non-hydrogen) atoms. The molecule has 1 aliphatic heterocycles. The van der Waals surface area contributed by atoms with Crippen molar-refractivity contribution in [3.8, 4) is 0 Å². The minimum Gasteiger partial charge on any atom is -0.369 e. The Kier molecular flexibility index (Phi) is 3.46. The first-order valence-corrected chi connectivity index (χ1v) is 6.16. The van der Waals surface area contributed by atoms with Gasteiger partial charge in [-0.2, -0.15) is 5.10 Å². The molecule has 3 N–H and O–H groups in total. The van der Waals surface area contributed by atoms with Crippen molar-refractivity contribution in [2.75, 3.05) is 13.1 Å². The van der Waals surface area contributed by atoms with E-state index >= 15 is 0 Å². The molecule has 1 saturated heterocycles. The van der Waals surface area contributed by atoms with Crippen LogP contribution in [0, 0.1) is 5.92 Å². The van der Waals surface area contributed by atoms with Crippen LogP contribution in [-0.2, 0) is 4.79 Å². The zero-order valence-corrected chi connectivity index (χ0v) is 10.7. The van der Waals surface area contributed by atoms with Crippen molar-refractivity contribution in [3.63, 3.8) is 0 Å². The smallest absolute Gasteiger partial charge is 0.273 e. The summed E-state index contributed by atoms with van der Waals surface area (Å²) in [5, 5.41) is 6.42. The number of H-pyrrole nitrogens is 1. The number of primary amides is 1. The molecule has 2 heterocycles. The third-order valence-electron chi connectivity index (χ3n) is 2.92. The molecule has 92 valence electrons. The molecule has 7 heteroatoms. The molecule has 0 aromatic carbocycles. The number of nitrogens with two attached hydrogens (primary N) is 1. The van der Waals surface area contributed by atoms with Crippen LogP contribution in [-0.4, -0.2) is 40.0 Å². The zero-order chi connectivity index (χ0) is 12.4. The van der Waals surface area contributed by atoms with Crippen molar-refractivity contribution in [1.29, 1.82) is 0 Å². The monoisotopic (exact) mass is 300 g/mol. The summed E-state index contributed by atoms with van der Waals surface area (Å²) in [5.41, 5.74) is 5.68. The number of carbonyl (C=O) groups excluding carboxylic acids is 2. The number of hydrogen-bond acceptors (Lipinski definition) is 3. The molecule has 0 bridgehead atoms. The number of aromatic nitrogens is 2. The Balaban J connectivity index is 2.10. The Morgan fingerprint density at radius 2 is 2.35 bits per heavy atom. The van der Waals surface area contributed by atoms with E-state index in [4.69, 9.17) is 5.73 Å². The Hall–Kier alpha value is -1.37. The predicted octanol–water partition coefficient (Wildman–Crippen LogP) is 0.510. The van der Waals surface area contributed by atoms with Gasteiger partial charge in [0, 0.05) is 13.1 Å². The number of piperidine rings is 1. The number of halogens is 1. The summed E-state index contributed by atoms with van der Waals surface area (Å²) < 4.78 is 0.628. The second-order valence-electron chi connectivity index (χ2n) is 4.09. The topological polar surface area (TPSA) is 92.1 Å². The first-order valence-electron chi connectivity index (χ1n) is 5.37. The summed E-state index contributed by atoms with van der Waals surface area (Å²) in [6.07, 6.45) is 3.08. The predicted molar refractivity (Wildman–Crippen MR) is 64.1 cm³/mol. The van der Waals surface area contributed by atoms with Crippen LogP contribution in [0.15, 0.2) is 10.7 Å². The maximum absolute atomic E-state index is 12.1. The number of nitrogens with zero attached hydrogens (tertiary/aromatic N) is 2. The van der Waals surface area contributed by atoms with Crippen LogP contribution in [0.5, 0.6) is 0 Å². The quantitative estimate of drug-likeness (QED) is 0.833. The second-order valence-corrected chi connectivity index (χ2v) is 4.94. The van der Waals surface area contributed by atoms with Gasteiger partial charge in [-0.1, -0.05) is 0 Å². The summed E-state index contributed by atoms with van der Waals surface area (Å²) in [5.74, 6) is -0.735. The lowest BCUT2D eigenvalue weighted by molar-refractivity contribution is -0.123. The van der Waals surface area contributed by atoms with E-state index < -0.39 is 0 Å². The van der Waals surface area contributed by atoms with Crippen LogP contribution < -0.4 is 5.73 Å². The van der Waals surface area contributed by atoms with Gasteiger partial charge in [-0.15, -0.1) is 0 Å². The van der Waals surface area contributed by atoms with Gasteiger partial charge < -0.3 is 10.6 Å². The number of rotatable bonds is 2. The molecule has 6 nitrogen and oxygen atoms in total. The molecular formula is C10H13BrN4O2. The van der Waals surface area contributed by atoms with Crippen molar-refractivity contribution in [3.05, 3.63) is 16.4 Å². The molecular weight excluding hydrogens is 288 g/mol. The maximum atomic E-state index is 12.1. The number of aromatic amines is 1. The van der Waals surface area contributed by atoms with Gasteiger partial charge in [-0.3, -0.25) is 14.7 Å². The Morgan fingerprint density at radius 1 is 1.59 bits per heavy atom. The third kappa shape index (κ3) is 2.49. The molecule has 0 unspecified atom stereocenters. The lowest BCUT2D eigenvalue weighted by Gasteiger charge is -2.30. The highest BCUT2D eigenvalue weighted by atomic mass is 79.9. The van der Waals surface area contributed by atoms with E-state index in [1.165, 1.54) is 6.20 Å². The number of likely N-dealkylation sites (tertiary alicyclic amines) is 1. The number of carbonyl (C=O) groups is 2. The summed E-state index contributed by atoms with van der Waals surface area (Å²) >= 11 is 3.24. The first kappa shape index (κ1) is 12.1. The van der Waals surface area contributed by atoms with Crippen molar-refractivity contribution >= 4 is 27.7 Å². The van der Waals surface area contributed by atoms with Crippen molar-refractivity contribution in [2.45, 2.75) is 12.8 Å². The highest BCUT2D eigenvalue weighted by Gasteiger charge is 2.28. The minimum atomic E-state index is -0.342. The molecule has 2 rings (SSSR count). The van der Waals surface area contributed by atoms with Crippen LogP contribution >= 0.6 is 15.9 Å². The molecule has 1 aromatic rings. The average Bonchev–Trinajstić information content (AvgIpc) is 2.74. The van der Waals surface area contributed by atoms with E-state index in [9.17, 15) is 9.59 Å². The van der Waals surface area contributed by atoms with Crippen LogP contribution in [0.3, 0.4) is 0 Å². The fourth-order valence-electron chi connectivity index (χ4n) is 1.97. The SMILES string of the molecule is NC(=O)[C@H]1CCCN(C(=O)c2[nH]ncc2Br)C1. The summed E-state index contributed by atoms with van der Waals surface area (Å²) in [4.78, 5) is 24.9. The van der Waals surface area contributed by atoms with Gasteiger partial charge in [0.1, 0.15) is 5.69 Å². The van der Waals surface area contributed by atoms with Gasteiger partial charge in [0.05, 0.1) is 16.6 Å². The number of nitrogens with one attached hydrogen (secondary N) is 1. The largest absolute Gasteiger partial charge is 0.369 e. The number of hydrogen-bond donors (Lipinski definition) is 2. The van der Waals surface area contributed by atoms with E-state index in [1.807, 2.05) is 0 Å². The van der Waals surface area contributed by atoms with Crippen LogP contribution in [0.25, 0.3) is 0 Å². The first-order chi connectivity index (χ1) is 8.09. The summed E-state index contributed by atoms with van der Waals surface area (Å²) in [6.45, 7) is 1.04. The second kappa shape index (κ2) is 4.87. The molecule has 0 aliphatic carbocycles. The third-order valence-corrected chi connectivity index (χ3v) is 3.52. The van der Waals surface area contributed by atoms with Crippen LogP contribution in [0.1, 0.15) is 23.3 Å². The van der Waals surface area contributed by atoms with E-state index in [0.717, 1.165) is 12.8 Å². The fraction of sp³-hybridized carbons (Fsp3) is 0.500. The van der Waals surface area contributed by atoms with E-state index in [2.05, 4.69) is 26.1 Å². The van der Waals surface area contributed by atoms with Crippen molar-refractivity contribution < 1.29 is 9.59 Å². The normalized spacial score (nSPS) is 20.3. The molecule has 1 aliphatic rings. The Bertz CT molecular complexity index is 445. The Labute approximate surface area is 107 Å². The van der Waals surface area contributed by atoms with E-state index in [0.29, 0.717) is 23.3 Å². The molecule has 0 spiro atoms. The minimum absolute atomic E-state index is 0.152. The summed E-state index contributed by atoms with van der Waals surface area (Å²) in [6, 6.07) is 0. The van der Waals surface area contributed by atoms with Crippen molar-refractivity contribution in [2.24, 2.45) is 11.7 Å². The van der Waals surface area contributed by atoms with Gasteiger partial charge in [-0.25, -0.2) is 0 Å². The lowest BCUT2D eigenvalue weighted by atomic mass is 9.97. The molecule has 1 fully saturated rings. The summed E-state index contributed by atoms with van der Waals surface area (Å²) in [7, 11) is 0. The van der Waals surface area contributed by atoms with Gasteiger partial charge in [-0.05, 0) is 28.8 Å². The zero-order valence-electron chi connectivity index (χ0n) is 9.15. The van der Waals surface area contributed by atoms with E-state index in [1.54, 1.807) is 4.90 Å². The molecule has 2 amide bonds. The van der Waals surface area contributed by atoms with E-state index in [-0.39, 0.29) is 17.7 Å². The molecule has 1 aromatic heterocycles. The van der Waals surface area contributed by atoms with Gasteiger partial charge in [0.15, 0.2) is 0 Å². The van der Waals surface area contributed by atoms with Crippen molar-refractivity contribution in [1.82, 2.24) is 15.1 Å². The van der Waals surface area contributed by atoms with Gasteiger partial charge >= 0.3 is 0 Å². The lowest BCUT2D eigenvalue weighted by Crippen LogP contribution is -2.44.